The predicted molar refractivity (Wildman–Crippen MR) is 81.4 cm³/mol. The van der Waals surface area contributed by atoms with Crippen LogP contribution in [0, 0.1) is 12.8 Å². The lowest BCUT2D eigenvalue weighted by Crippen LogP contribution is -2.35. The zero-order chi connectivity index (χ0) is 14.4. The van der Waals surface area contributed by atoms with Crippen LogP contribution in [0.4, 0.5) is 5.95 Å². The lowest BCUT2D eigenvalue weighted by molar-refractivity contribution is 0.324. The van der Waals surface area contributed by atoms with Crippen LogP contribution in [0.5, 0.6) is 5.88 Å². The first-order valence-corrected chi connectivity index (χ1v) is 7.61. The summed E-state index contributed by atoms with van der Waals surface area (Å²) in [4.78, 5) is 11.3. The Hall–Kier alpha value is -1.36. The highest BCUT2D eigenvalue weighted by Crippen LogP contribution is 2.24. The van der Waals surface area contributed by atoms with Gasteiger partial charge in [0, 0.05) is 24.8 Å². The molecule has 0 saturated carbocycles. The third-order valence-electron chi connectivity index (χ3n) is 3.81. The Labute approximate surface area is 121 Å². The Balaban J connectivity index is 1.96. The first kappa shape index (κ1) is 15.0. The summed E-state index contributed by atoms with van der Waals surface area (Å²) in [7, 11) is 2.02. The minimum atomic E-state index is 0.641. The molecule has 2 heterocycles. The lowest BCUT2D eigenvalue weighted by atomic mass is 9.94. The van der Waals surface area contributed by atoms with E-state index in [0.717, 1.165) is 37.2 Å². The maximum Gasteiger partial charge on any atom is 0.228 e. The molecule has 1 aromatic heterocycles. The van der Waals surface area contributed by atoms with Gasteiger partial charge in [-0.25, -0.2) is 4.98 Å². The molecular formula is C15H26N4O. The van der Waals surface area contributed by atoms with E-state index in [1.165, 1.54) is 19.3 Å². The fourth-order valence-electron chi connectivity index (χ4n) is 2.66. The van der Waals surface area contributed by atoms with Crippen LogP contribution in [0.1, 0.15) is 31.9 Å². The van der Waals surface area contributed by atoms with E-state index in [0.29, 0.717) is 12.5 Å². The quantitative estimate of drug-likeness (QED) is 0.862. The van der Waals surface area contributed by atoms with Gasteiger partial charge in [0.05, 0.1) is 6.61 Å². The van der Waals surface area contributed by atoms with Crippen molar-refractivity contribution in [2.75, 3.05) is 38.2 Å². The van der Waals surface area contributed by atoms with Crippen LogP contribution in [-0.2, 0) is 0 Å². The van der Waals surface area contributed by atoms with Gasteiger partial charge < -0.3 is 15.0 Å². The number of aromatic nitrogens is 2. The molecule has 0 aromatic carbocycles. The van der Waals surface area contributed by atoms with Crippen LogP contribution in [0.15, 0.2) is 6.07 Å². The summed E-state index contributed by atoms with van der Waals surface area (Å²) in [5.41, 5.74) is 0.968. The van der Waals surface area contributed by atoms with Crippen molar-refractivity contribution in [2.45, 2.75) is 33.1 Å². The Morgan fingerprint density at radius 2 is 2.10 bits per heavy atom. The van der Waals surface area contributed by atoms with Crippen molar-refractivity contribution in [1.29, 1.82) is 0 Å². The molecule has 5 heteroatoms. The minimum Gasteiger partial charge on any atom is -0.478 e. The summed E-state index contributed by atoms with van der Waals surface area (Å²) in [5, 5.41) is 3.23. The van der Waals surface area contributed by atoms with Crippen molar-refractivity contribution in [1.82, 2.24) is 15.3 Å². The van der Waals surface area contributed by atoms with Crippen molar-refractivity contribution >= 4 is 5.95 Å². The predicted octanol–water partition coefficient (Wildman–Crippen LogP) is 2.01. The average molecular weight is 278 g/mol. The summed E-state index contributed by atoms with van der Waals surface area (Å²) in [6, 6.07) is 1.90. The molecule has 5 nitrogen and oxygen atoms in total. The number of hydrogen-bond donors (Lipinski definition) is 1. The molecule has 2 rings (SSSR count). The minimum absolute atomic E-state index is 0.641. The van der Waals surface area contributed by atoms with Gasteiger partial charge in [0.1, 0.15) is 0 Å². The van der Waals surface area contributed by atoms with Crippen LogP contribution in [0.25, 0.3) is 0 Å². The fraction of sp³-hybridized carbons (Fsp3) is 0.733. The van der Waals surface area contributed by atoms with E-state index in [9.17, 15) is 0 Å². The zero-order valence-corrected chi connectivity index (χ0v) is 12.9. The number of ether oxygens (including phenoxy) is 1. The van der Waals surface area contributed by atoms with Crippen LogP contribution in [0.3, 0.4) is 0 Å². The highest BCUT2D eigenvalue weighted by molar-refractivity contribution is 5.34. The Morgan fingerprint density at radius 3 is 2.75 bits per heavy atom. The molecule has 1 N–H and O–H groups in total. The van der Waals surface area contributed by atoms with E-state index in [4.69, 9.17) is 4.74 Å². The molecule has 20 heavy (non-hydrogen) atoms. The highest BCUT2D eigenvalue weighted by Gasteiger charge is 2.21. The molecule has 0 unspecified atom stereocenters. The highest BCUT2D eigenvalue weighted by atomic mass is 16.5. The zero-order valence-electron chi connectivity index (χ0n) is 12.9. The number of anilines is 1. The van der Waals surface area contributed by atoms with Gasteiger partial charge >= 0.3 is 0 Å². The molecule has 0 spiro atoms. The summed E-state index contributed by atoms with van der Waals surface area (Å²) in [6.45, 7) is 7.81. The second-order valence-corrected chi connectivity index (χ2v) is 5.40. The van der Waals surface area contributed by atoms with E-state index in [1.54, 1.807) is 0 Å². The standard InChI is InChI=1S/C15H26N4O/c1-4-20-14-11-12(2)17-15(18-14)19-9-6-13(7-10-19)5-8-16-3/h11,13,16H,4-10H2,1-3H3. The molecule has 1 saturated heterocycles. The fourth-order valence-corrected chi connectivity index (χ4v) is 2.66. The third-order valence-corrected chi connectivity index (χ3v) is 3.81. The largest absolute Gasteiger partial charge is 0.478 e. The smallest absolute Gasteiger partial charge is 0.228 e. The van der Waals surface area contributed by atoms with Gasteiger partial charge in [-0.15, -0.1) is 0 Å². The third kappa shape index (κ3) is 4.07. The Bertz CT molecular complexity index is 416. The molecule has 1 aliphatic heterocycles. The number of rotatable bonds is 6. The van der Waals surface area contributed by atoms with Crippen molar-refractivity contribution in [2.24, 2.45) is 5.92 Å². The first-order valence-electron chi connectivity index (χ1n) is 7.61. The molecule has 112 valence electrons. The van der Waals surface area contributed by atoms with Crippen LogP contribution in [0.2, 0.25) is 0 Å². The second-order valence-electron chi connectivity index (χ2n) is 5.40. The van der Waals surface area contributed by atoms with E-state index in [-0.39, 0.29) is 0 Å². The van der Waals surface area contributed by atoms with Crippen molar-refractivity contribution in [3.05, 3.63) is 11.8 Å². The number of hydrogen-bond acceptors (Lipinski definition) is 5. The molecule has 0 bridgehead atoms. The van der Waals surface area contributed by atoms with Gasteiger partial charge in [-0.3, -0.25) is 0 Å². The van der Waals surface area contributed by atoms with Crippen molar-refractivity contribution in [3.63, 3.8) is 0 Å². The van der Waals surface area contributed by atoms with Gasteiger partial charge in [-0.05, 0) is 52.6 Å². The summed E-state index contributed by atoms with van der Waals surface area (Å²) >= 11 is 0. The van der Waals surface area contributed by atoms with Crippen molar-refractivity contribution in [3.8, 4) is 5.88 Å². The molecule has 1 aliphatic rings. The molecule has 0 atom stereocenters. The number of piperidine rings is 1. The monoisotopic (exact) mass is 278 g/mol. The van der Waals surface area contributed by atoms with Gasteiger partial charge in [0.2, 0.25) is 11.8 Å². The Morgan fingerprint density at radius 1 is 1.35 bits per heavy atom. The SMILES string of the molecule is CCOc1cc(C)nc(N2CCC(CCNC)CC2)n1. The molecular weight excluding hydrogens is 252 g/mol. The maximum atomic E-state index is 5.51. The van der Waals surface area contributed by atoms with E-state index >= 15 is 0 Å². The Kier molecular flexibility index (Phi) is 5.59. The summed E-state index contributed by atoms with van der Waals surface area (Å²) < 4.78 is 5.51. The molecule has 0 aliphatic carbocycles. The average Bonchev–Trinajstić information content (AvgIpc) is 2.45. The number of nitrogens with zero attached hydrogens (tertiary/aromatic N) is 3. The van der Waals surface area contributed by atoms with E-state index in [1.807, 2.05) is 27.0 Å². The number of aryl methyl sites for hydroxylation is 1. The molecule has 0 radical (unpaired) electrons. The maximum absolute atomic E-state index is 5.51. The normalized spacial score (nSPS) is 16.4. The topological polar surface area (TPSA) is 50.3 Å². The lowest BCUT2D eigenvalue weighted by Gasteiger charge is -2.32. The van der Waals surface area contributed by atoms with Crippen molar-refractivity contribution < 1.29 is 4.74 Å². The van der Waals surface area contributed by atoms with E-state index in [2.05, 4.69) is 20.2 Å². The van der Waals surface area contributed by atoms with Crippen LogP contribution in [-0.4, -0.2) is 43.3 Å². The number of nitrogens with one attached hydrogen (secondary N) is 1. The molecule has 0 amide bonds. The second kappa shape index (κ2) is 7.43. The summed E-state index contributed by atoms with van der Waals surface area (Å²) in [5.74, 6) is 2.34. The summed E-state index contributed by atoms with van der Waals surface area (Å²) in [6.07, 6.45) is 3.72. The first-order chi connectivity index (χ1) is 9.72. The van der Waals surface area contributed by atoms with E-state index < -0.39 is 0 Å². The molecule has 1 aromatic rings. The van der Waals surface area contributed by atoms with Crippen LogP contribution >= 0.6 is 0 Å². The molecule has 1 fully saturated rings. The van der Waals surface area contributed by atoms with Gasteiger partial charge in [-0.1, -0.05) is 0 Å². The van der Waals surface area contributed by atoms with Gasteiger partial charge in [0.15, 0.2) is 0 Å². The van der Waals surface area contributed by atoms with Gasteiger partial charge in [-0.2, -0.15) is 4.98 Å². The van der Waals surface area contributed by atoms with Gasteiger partial charge in [0.25, 0.3) is 0 Å². The van der Waals surface area contributed by atoms with Crippen LogP contribution < -0.4 is 15.0 Å².